The number of non-ortho nitro benzene ring substituents is 1. The first-order chi connectivity index (χ1) is 13.9. The Balaban J connectivity index is 1.97. The number of ketones is 2. The van der Waals surface area contributed by atoms with Crippen molar-refractivity contribution in [1.29, 1.82) is 0 Å². The first-order valence-electron chi connectivity index (χ1n) is 10.1. The van der Waals surface area contributed by atoms with Crippen LogP contribution in [0.3, 0.4) is 0 Å². The number of nitro benzene ring substituents is 1. The third-order valence-electron chi connectivity index (χ3n) is 6.11. The molecule has 0 saturated heterocycles. The van der Waals surface area contributed by atoms with E-state index in [1.165, 1.54) is 18.2 Å². The van der Waals surface area contributed by atoms with Gasteiger partial charge in [-0.1, -0.05) is 27.7 Å². The van der Waals surface area contributed by atoms with Crippen molar-refractivity contribution in [3.05, 3.63) is 56.5 Å². The summed E-state index contributed by atoms with van der Waals surface area (Å²) in [5.41, 5.74) is 0.0998. The minimum Gasteiger partial charge on any atom is -0.508 e. The SMILES string of the molecule is CC1(C)CC(=O)C2=C(C1)OC1=C(C(=O)CC(C)(C)C1)C2c1cc([N+](=O)[O-])ccc1O. The van der Waals surface area contributed by atoms with Crippen LogP contribution in [0.5, 0.6) is 5.75 Å². The van der Waals surface area contributed by atoms with E-state index in [4.69, 9.17) is 4.74 Å². The molecule has 0 spiro atoms. The number of benzene rings is 1. The number of hydrogen-bond donors (Lipinski definition) is 1. The van der Waals surface area contributed by atoms with Crippen LogP contribution in [0.25, 0.3) is 0 Å². The van der Waals surface area contributed by atoms with Crippen molar-refractivity contribution in [3.63, 3.8) is 0 Å². The van der Waals surface area contributed by atoms with E-state index in [0.717, 1.165) is 0 Å². The standard InChI is InChI=1S/C23H25NO6/c1-22(2)8-15(26)20-17(10-22)30-18-11-23(3,4)9-16(27)21(18)19(20)13-7-12(24(28)29)5-6-14(13)25/h5-7,19,25H,8-11H2,1-4H3. The van der Waals surface area contributed by atoms with Gasteiger partial charge in [-0.2, -0.15) is 0 Å². The van der Waals surface area contributed by atoms with E-state index in [2.05, 4.69) is 0 Å². The molecular weight excluding hydrogens is 386 g/mol. The minimum atomic E-state index is -0.851. The number of allylic oxidation sites excluding steroid dienone is 4. The maximum absolute atomic E-state index is 13.2. The normalized spacial score (nSPS) is 23.1. The van der Waals surface area contributed by atoms with Crippen molar-refractivity contribution in [1.82, 2.24) is 0 Å². The molecule has 0 aromatic heterocycles. The van der Waals surface area contributed by atoms with Gasteiger partial charge >= 0.3 is 0 Å². The van der Waals surface area contributed by atoms with Crippen molar-refractivity contribution >= 4 is 17.3 Å². The van der Waals surface area contributed by atoms with Gasteiger partial charge in [-0.3, -0.25) is 19.7 Å². The lowest BCUT2D eigenvalue weighted by Crippen LogP contribution is -2.37. The predicted molar refractivity (Wildman–Crippen MR) is 109 cm³/mol. The molecule has 158 valence electrons. The van der Waals surface area contributed by atoms with Crippen LogP contribution in [0.1, 0.15) is 64.9 Å². The predicted octanol–water partition coefficient (Wildman–Crippen LogP) is 4.70. The fourth-order valence-electron chi connectivity index (χ4n) is 4.87. The molecule has 0 fully saturated rings. The second kappa shape index (κ2) is 6.52. The van der Waals surface area contributed by atoms with E-state index in [0.29, 0.717) is 35.5 Å². The van der Waals surface area contributed by atoms with Crippen LogP contribution in [-0.4, -0.2) is 21.6 Å². The molecular formula is C23H25NO6. The third-order valence-corrected chi connectivity index (χ3v) is 6.11. The molecule has 1 aliphatic heterocycles. The number of nitrogens with zero attached hydrogens (tertiary/aromatic N) is 1. The molecule has 4 rings (SSSR count). The zero-order valence-electron chi connectivity index (χ0n) is 17.6. The average Bonchev–Trinajstić information content (AvgIpc) is 2.57. The molecule has 3 aliphatic rings. The summed E-state index contributed by atoms with van der Waals surface area (Å²) in [6.45, 7) is 7.94. The Morgan fingerprint density at radius 2 is 1.47 bits per heavy atom. The highest BCUT2D eigenvalue weighted by Gasteiger charge is 2.48. The fourth-order valence-corrected chi connectivity index (χ4v) is 4.87. The number of aromatic hydroxyl groups is 1. The first-order valence-corrected chi connectivity index (χ1v) is 10.1. The zero-order chi connectivity index (χ0) is 22.0. The highest BCUT2D eigenvalue weighted by Crippen LogP contribution is 2.54. The molecule has 1 N–H and O–H groups in total. The zero-order valence-corrected chi connectivity index (χ0v) is 17.6. The Morgan fingerprint density at radius 1 is 0.967 bits per heavy atom. The number of nitro groups is 1. The number of carbonyl (C=O) groups is 2. The van der Waals surface area contributed by atoms with Gasteiger partial charge < -0.3 is 9.84 Å². The van der Waals surface area contributed by atoms with Crippen LogP contribution in [0.15, 0.2) is 40.9 Å². The molecule has 2 aliphatic carbocycles. The Kier molecular flexibility index (Phi) is 4.42. The number of carbonyl (C=O) groups excluding carboxylic acids is 2. The van der Waals surface area contributed by atoms with Gasteiger partial charge in [-0.15, -0.1) is 0 Å². The number of ether oxygens (including phenoxy) is 1. The largest absolute Gasteiger partial charge is 0.508 e. The number of Topliss-reactive ketones (excluding diaryl/α,β-unsaturated/α-hetero) is 2. The van der Waals surface area contributed by atoms with Crippen molar-refractivity contribution < 1.29 is 24.4 Å². The summed E-state index contributed by atoms with van der Waals surface area (Å²) in [6, 6.07) is 3.72. The molecule has 0 atom stereocenters. The average molecular weight is 411 g/mol. The molecule has 1 heterocycles. The highest BCUT2D eigenvalue weighted by molar-refractivity contribution is 6.06. The second-order valence-electron chi connectivity index (χ2n) is 10.1. The molecule has 0 unspecified atom stereocenters. The molecule has 0 radical (unpaired) electrons. The van der Waals surface area contributed by atoms with Crippen LogP contribution >= 0.6 is 0 Å². The lowest BCUT2D eigenvalue weighted by atomic mass is 9.65. The molecule has 1 aromatic carbocycles. The van der Waals surface area contributed by atoms with Crippen LogP contribution in [-0.2, 0) is 14.3 Å². The minimum absolute atomic E-state index is 0.152. The van der Waals surface area contributed by atoms with Gasteiger partial charge in [0.1, 0.15) is 17.3 Å². The van der Waals surface area contributed by atoms with Gasteiger partial charge in [0.05, 0.1) is 10.8 Å². The number of hydrogen-bond acceptors (Lipinski definition) is 6. The molecule has 0 bridgehead atoms. The van der Waals surface area contributed by atoms with Crippen LogP contribution in [0.4, 0.5) is 5.69 Å². The summed E-state index contributed by atoms with van der Waals surface area (Å²) in [5, 5.41) is 21.9. The summed E-state index contributed by atoms with van der Waals surface area (Å²) < 4.78 is 6.18. The quantitative estimate of drug-likeness (QED) is 0.558. The second-order valence-corrected chi connectivity index (χ2v) is 10.1. The topological polar surface area (TPSA) is 107 Å². The first kappa shape index (κ1) is 20.3. The van der Waals surface area contributed by atoms with E-state index >= 15 is 0 Å². The van der Waals surface area contributed by atoms with Gasteiger partial charge in [-0.25, -0.2) is 0 Å². The van der Waals surface area contributed by atoms with E-state index in [-0.39, 0.29) is 52.2 Å². The number of phenols is 1. The van der Waals surface area contributed by atoms with Crippen molar-refractivity contribution in [2.45, 2.75) is 59.3 Å². The molecule has 7 nitrogen and oxygen atoms in total. The van der Waals surface area contributed by atoms with E-state index in [1.54, 1.807) is 0 Å². The number of phenolic OH excluding ortho intramolecular Hbond substituents is 1. The Bertz CT molecular complexity index is 1010. The summed E-state index contributed by atoms with van der Waals surface area (Å²) in [5.74, 6) is -0.312. The summed E-state index contributed by atoms with van der Waals surface area (Å²) >= 11 is 0. The smallest absolute Gasteiger partial charge is 0.270 e. The van der Waals surface area contributed by atoms with Gasteiger partial charge in [0.2, 0.25) is 0 Å². The molecule has 1 aromatic rings. The van der Waals surface area contributed by atoms with E-state index in [9.17, 15) is 24.8 Å². The van der Waals surface area contributed by atoms with Crippen LogP contribution in [0.2, 0.25) is 0 Å². The van der Waals surface area contributed by atoms with E-state index < -0.39 is 10.8 Å². The summed E-state index contributed by atoms with van der Waals surface area (Å²) in [6.07, 6.45) is 1.60. The van der Waals surface area contributed by atoms with Gasteiger partial charge in [-0.05, 0) is 16.9 Å². The van der Waals surface area contributed by atoms with Crippen molar-refractivity contribution in [2.24, 2.45) is 10.8 Å². The maximum atomic E-state index is 13.2. The molecule has 7 heteroatoms. The Hall–Kier alpha value is -2.96. The lowest BCUT2D eigenvalue weighted by Gasteiger charge is -2.42. The van der Waals surface area contributed by atoms with Gasteiger partial charge in [0.15, 0.2) is 11.6 Å². The summed E-state index contributed by atoms with van der Waals surface area (Å²) in [7, 11) is 0. The van der Waals surface area contributed by atoms with Gasteiger partial charge in [0.25, 0.3) is 5.69 Å². The highest BCUT2D eigenvalue weighted by atomic mass is 16.6. The third kappa shape index (κ3) is 3.32. The summed E-state index contributed by atoms with van der Waals surface area (Å²) in [4.78, 5) is 37.2. The maximum Gasteiger partial charge on any atom is 0.270 e. The van der Waals surface area contributed by atoms with Crippen LogP contribution < -0.4 is 0 Å². The van der Waals surface area contributed by atoms with Crippen molar-refractivity contribution in [2.75, 3.05) is 0 Å². The molecule has 0 saturated carbocycles. The van der Waals surface area contributed by atoms with E-state index in [1.807, 2.05) is 27.7 Å². The van der Waals surface area contributed by atoms with Gasteiger partial charge in [0, 0.05) is 54.5 Å². The van der Waals surface area contributed by atoms with Crippen molar-refractivity contribution in [3.8, 4) is 5.75 Å². The molecule has 0 amide bonds. The molecule has 30 heavy (non-hydrogen) atoms. The Labute approximate surface area is 174 Å². The van der Waals surface area contributed by atoms with Crippen LogP contribution in [0, 0.1) is 20.9 Å². The Morgan fingerprint density at radius 3 is 1.93 bits per heavy atom. The monoisotopic (exact) mass is 411 g/mol. The lowest BCUT2D eigenvalue weighted by molar-refractivity contribution is -0.384. The fraction of sp³-hybridized carbons (Fsp3) is 0.478. The number of rotatable bonds is 2.